The summed E-state index contributed by atoms with van der Waals surface area (Å²) in [5.41, 5.74) is 6.19. The summed E-state index contributed by atoms with van der Waals surface area (Å²) in [6, 6.07) is -1.13. The first-order chi connectivity index (χ1) is 22.6. The van der Waals surface area contributed by atoms with Crippen molar-refractivity contribution in [3.05, 3.63) is 0 Å². The Balaban J connectivity index is 0. The van der Waals surface area contributed by atoms with Gasteiger partial charge >= 0.3 is 5.97 Å². The molecule has 0 aromatic rings. The molecule has 0 aliphatic rings. The second-order valence-electron chi connectivity index (χ2n) is 14.4. The summed E-state index contributed by atoms with van der Waals surface area (Å²) in [5.74, 6) is -0.572. The largest absolute Gasteiger partial charge is 0.467 e. The second kappa shape index (κ2) is 39.6. The molecule has 0 aromatic heterocycles. The van der Waals surface area contributed by atoms with Gasteiger partial charge in [0.2, 0.25) is 5.91 Å². The molecular weight excluding hydrogens is 604 g/mol. The molecule has 0 saturated carbocycles. The molecule has 47 heavy (non-hydrogen) atoms. The zero-order valence-corrected chi connectivity index (χ0v) is 32.7. The van der Waals surface area contributed by atoms with Crippen LogP contribution in [0.1, 0.15) is 232 Å². The lowest BCUT2D eigenvalue weighted by Gasteiger charge is -2.19. The van der Waals surface area contributed by atoms with E-state index < -0.39 is 12.1 Å². The van der Waals surface area contributed by atoms with Gasteiger partial charge in [-0.15, -0.1) is 12.4 Å². The van der Waals surface area contributed by atoms with E-state index >= 15 is 0 Å². The summed E-state index contributed by atoms with van der Waals surface area (Å²) in [6.45, 7) is 4.56. The highest BCUT2D eigenvalue weighted by atomic mass is 35.5. The Hall–Kier alpha value is -0.810. The number of methoxy groups -OCH3 is 1. The Morgan fingerprint density at radius 3 is 1.00 bits per heavy atom. The van der Waals surface area contributed by atoms with Crippen LogP contribution in [0, 0.1) is 0 Å². The third-order valence-electron chi connectivity index (χ3n) is 9.85. The van der Waals surface area contributed by atoms with Gasteiger partial charge in [0.1, 0.15) is 6.04 Å². The summed E-state index contributed by atoms with van der Waals surface area (Å²) >= 11 is 0. The van der Waals surface area contributed by atoms with E-state index in [9.17, 15) is 9.59 Å². The number of rotatable bonds is 37. The Morgan fingerprint density at radius 2 is 0.723 bits per heavy atom. The number of amides is 1. The van der Waals surface area contributed by atoms with E-state index in [4.69, 9.17) is 10.5 Å². The topological polar surface area (TPSA) is 81.4 Å². The molecule has 2 atom stereocenters. The SMILES string of the molecule is CCCCCCCCCCCCCCCCCCC(N)C(=O)NC(CCCCCCCCCCCCCCCCCC)C(=O)OC.Cl. The van der Waals surface area contributed by atoms with Gasteiger partial charge in [-0.1, -0.05) is 219 Å². The Morgan fingerprint density at radius 1 is 0.468 bits per heavy atom. The number of carbonyl (C=O) groups excluding carboxylic acids is 2. The van der Waals surface area contributed by atoms with Crippen molar-refractivity contribution in [1.82, 2.24) is 5.32 Å². The van der Waals surface area contributed by atoms with E-state index in [1.165, 1.54) is 187 Å². The minimum atomic E-state index is -0.582. The molecule has 0 aliphatic heterocycles. The van der Waals surface area contributed by atoms with Crippen molar-refractivity contribution in [1.29, 1.82) is 0 Å². The highest BCUT2D eigenvalue weighted by Gasteiger charge is 2.23. The number of hydrogen-bond acceptors (Lipinski definition) is 4. The summed E-state index contributed by atoms with van der Waals surface area (Å²) in [6.07, 6.45) is 43.7. The summed E-state index contributed by atoms with van der Waals surface area (Å²) in [5, 5.41) is 2.89. The van der Waals surface area contributed by atoms with Crippen LogP contribution in [0.4, 0.5) is 0 Å². The van der Waals surface area contributed by atoms with Crippen molar-refractivity contribution >= 4 is 24.3 Å². The quantitative estimate of drug-likeness (QED) is 0.0503. The number of carbonyl (C=O) groups is 2. The van der Waals surface area contributed by atoms with Gasteiger partial charge in [0.25, 0.3) is 0 Å². The average Bonchev–Trinajstić information content (AvgIpc) is 3.06. The van der Waals surface area contributed by atoms with Gasteiger partial charge in [-0.2, -0.15) is 0 Å². The molecule has 0 radical (unpaired) electrons. The van der Waals surface area contributed by atoms with E-state index in [1.807, 2.05) is 0 Å². The van der Waals surface area contributed by atoms with Crippen molar-refractivity contribution in [2.24, 2.45) is 5.73 Å². The van der Waals surface area contributed by atoms with Crippen molar-refractivity contribution in [3.8, 4) is 0 Å². The maximum Gasteiger partial charge on any atom is 0.328 e. The van der Waals surface area contributed by atoms with E-state index in [0.717, 1.165) is 25.7 Å². The maximum absolute atomic E-state index is 12.7. The fourth-order valence-electron chi connectivity index (χ4n) is 6.61. The molecule has 0 aliphatic carbocycles. The lowest BCUT2D eigenvalue weighted by molar-refractivity contribution is -0.145. The normalized spacial score (nSPS) is 12.4. The minimum absolute atomic E-state index is 0. The van der Waals surface area contributed by atoms with Gasteiger partial charge < -0.3 is 15.8 Å². The van der Waals surface area contributed by atoms with E-state index in [-0.39, 0.29) is 24.3 Å². The highest BCUT2D eigenvalue weighted by molar-refractivity contribution is 5.87. The fourth-order valence-corrected chi connectivity index (χ4v) is 6.61. The van der Waals surface area contributed by atoms with Crippen LogP contribution in [0.15, 0.2) is 0 Å². The number of nitrogens with one attached hydrogen (secondary N) is 1. The number of hydrogen-bond donors (Lipinski definition) is 2. The molecule has 0 aromatic carbocycles. The molecule has 0 fully saturated rings. The van der Waals surface area contributed by atoms with Crippen LogP contribution >= 0.6 is 12.4 Å². The van der Waals surface area contributed by atoms with Crippen molar-refractivity contribution < 1.29 is 14.3 Å². The lowest BCUT2D eigenvalue weighted by atomic mass is 10.0. The molecule has 2 unspecified atom stereocenters. The van der Waals surface area contributed by atoms with Crippen LogP contribution < -0.4 is 11.1 Å². The number of halogens is 1. The molecule has 6 heteroatoms. The average molecular weight is 688 g/mol. The number of unbranched alkanes of at least 4 members (excludes halogenated alkanes) is 30. The van der Waals surface area contributed by atoms with Crippen LogP contribution in [-0.4, -0.2) is 31.1 Å². The van der Waals surface area contributed by atoms with Crippen molar-refractivity contribution in [2.75, 3.05) is 7.11 Å². The predicted octanol–water partition coefficient (Wildman–Crippen LogP) is 12.7. The van der Waals surface area contributed by atoms with Crippen molar-refractivity contribution in [3.63, 3.8) is 0 Å². The third-order valence-corrected chi connectivity index (χ3v) is 9.85. The van der Waals surface area contributed by atoms with Crippen LogP contribution in [0.5, 0.6) is 0 Å². The molecule has 282 valence electrons. The summed E-state index contributed by atoms with van der Waals surface area (Å²) in [7, 11) is 1.39. The third kappa shape index (κ3) is 34.8. The minimum Gasteiger partial charge on any atom is -0.467 e. The number of nitrogens with two attached hydrogens (primary N) is 1. The second-order valence-corrected chi connectivity index (χ2v) is 14.4. The zero-order valence-electron chi connectivity index (χ0n) is 31.9. The Kier molecular flexibility index (Phi) is 40.7. The van der Waals surface area contributed by atoms with Crippen molar-refractivity contribution in [2.45, 2.75) is 244 Å². The van der Waals surface area contributed by atoms with E-state index in [2.05, 4.69) is 19.2 Å². The van der Waals surface area contributed by atoms with Gasteiger partial charge in [-0.25, -0.2) is 4.79 Å². The monoisotopic (exact) mass is 687 g/mol. The number of ether oxygens (including phenoxy) is 1. The lowest BCUT2D eigenvalue weighted by Crippen LogP contribution is -2.48. The van der Waals surface area contributed by atoms with Crippen LogP contribution in [0.3, 0.4) is 0 Å². The first-order valence-corrected chi connectivity index (χ1v) is 20.7. The molecule has 0 spiro atoms. The molecule has 0 bridgehead atoms. The van der Waals surface area contributed by atoms with Gasteiger partial charge in [0.05, 0.1) is 13.2 Å². The Labute approximate surface area is 300 Å². The first kappa shape index (κ1) is 48.3. The highest BCUT2D eigenvalue weighted by Crippen LogP contribution is 2.16. The molecule has 0 rings (SSSR count). The standard InChI is InChI=1S/C41H82N2O3.ClH/c1-4-6-8-10-12-14-16-18-20-22-24-26-28-30-32-34-36-38(42)40(44)43-39(41(45)46-3)37-35-33-31-29-27-25-23-21-19-17-15-13-11-9-7-5-2;/h38-39H,4-37,42H2,1-3H3,(H,43,44);1H. The van der Waals surface area contributed by atoms with Gasteiger partial charge in [0, 0.05) is 0 Å². The molecule has 5 nitrogen and oxygen atoms in total. The summed E-state index contributed by atoms with van der Waals surface area (Å²) < 4.78 is 4.97. The van der Waals surface area contributed by atoms with E-state index in [1.54, 1.807) is 0 Å². The maximum atomic E-state index is 12.7. The van der Waals surface area contributed by atoms with Crippen LogP contribution in [0.25, 0.3) is 0 Å². The number of esters is 1. The van der Waals surface area contributed by atoms with Gasteiger partial charge in [-0.3, -0.25) is 4.79 Å². The fraction of sp³-hybridized carbons (Fsp3) is 0.951. The molecule has 0 heterocycles. The summed E-state index contributed by atoms with van der Waals surface area (Å²) in [4.78, 5) is 25.0. The van der Waals surface area contributed by atoms with Crippen LogP contribution in [-0.2, 0) is 14.3 Å². The Bertz CT molecular complexity index is 648. The zero-order chi connectivity index (χ0) is 33.8. The molecule has 0 saturated heterocycles. The van der Waals surface area contributed by atoms with Gasteiger partial charge in [0.15, 0.2) is 0 Å². The van der Waals surface area contributed by atoms with E-state index in [0.29, 0.717) is 12.8 Å². The molecule has 3 N–H and O–H groups in total. The van der Waals surface area contributed by atoms with Gasteiger partial charge in [-0.05, 0) is 12.8 Å². The predicted molar refractivity (Wildman–Crippen MR) is 207 cm³/mol. The van der Waals surface area contributed by atoms with Crippen LogP contribution in [0.2, 0.25) is 0 Å². The smallest absolute Gasteiger partial charge is 0.328 e. The molecule has 1 amide bonds. The molecular formula is C41H83ClN2O3. The first-order valence-electron chi connectivity index (χ1n) is 20.7.